The largest absolute Gasteiger partial charge is 0.401 e. The van der Waals surface area contributed by atoms with Crippen molar-refractivity contribution >= 4 is 11.9 Å². The van der Waals surface area contributed by atoms with Crippen LogP contribution in [0.4, 0.5) is 13.2 Å². The monoisotopic (exact) mass is 365 g/mol. The van der Waals surface area contributed by atoms with Gasteiger partial charge < -0.3 is 15.5 Å². The number of hydrogen-bond acceptors (Lipinski definition) is 3. The zero-order valence-corrected chi connectivity index (χ0v) is 15.5. The number of likely N-dealkylation sites (tertiary alicyclic amines) is 1. The zero-order valence-electron chi connectivity index (χ0n) is 15.5. The third-order valence-electron chi connectivity index (χ3n) is 3.88. The number of alkyl halides is 3. The Balaban J connectivity index is 2.47. The Kier molecular flexibility index (Phi) is 8.47. The first kappa shape index (κ1) is 21.5. The highest BCUT2D eigenvalue weighted by atomic mass is 19.4. The fraction of sp³-hybridized carbons (Fsp3) is 0.875. The molecule has 0 radical (unpaired) electrons. The highest BCUT2D eigenvalue weighted by Gasteiger charge is 2.29. The smallest absolute Gasteiger partial charge is 0.357 e. The third kappa shape index (κ3) is 8.42. The molecule has 1 rings (SSSR count). The summed E-state index contributed by atoms with van der Waals surface area (Å²) >= 11 is 0. The number of carbonyl (C=O) groups is 1. The maximum atomic E-state index is 12.3. The van der Waals surface area contributed by atoms with Crippen molar-refractivity contribution in [3.05, 3.63) is 0 Å². The Labute approximate surface area is 147 Å². The lowest BCUT2D eigenvalue weighted by Crippen LogP contribution is -2.45. The second-order valence-electron chi connectivity index (χ2n) is 6.68. The number of nitrogens with one attached hydrogen (secondary N) is 2. The lowest BCUT2D eigenvalue weighted by molar-refractivity contribution is -0.142. The second-order valence-corrected chi connectivity index (χ2v) is 6.68. The summed E-state index contributed by atoms with van der Waals surface area (Å²) in [5.74, 6) is 0.691. The van der Waals surface area contributed by atoms with E-state index in [1.54, 1.807) is 0 Å². The molecule has 25 heavy (non-hydrogen) atoms. The molecule has 1 heterocycles. The van der Waals surface area contributed by atoms with Gasteiger partial charge in [-0.3, -0.25) is 14.7 Å². The number of amides is 1. The molecule has 1 aliphatic heterocycles. The molecular weight excluding hydrogens is 335 g/mol. The van der Waals surface area contributed by atoms with Crippen molar-refractivity contribution < 1.29 is 18.0 Å². The van der Waals surface area contributed by atoms with Crippen LogP contribution in [0.1, 0.15) is 27.2 Å². The van der Waals surface area contributed by atoms with E-state index < -0.39 is 12.7 Å². The number of halogens is 3. The Morgan fingerprint density at radius 2 is 2.08 bits per heavy atom. The quantitative estimate of drug-likeness (QED) is 0.527. The Morgan fingerprint density at radius 3 is 2.64 bits per heavy atom. The number of likely N-dealkylation sites (N-methyl/N-ethyl adjacent to an activating group) is 1. The summed E-state index contributed by atoms with van der Waals surface area (Å²) in [6.07, 6.45) is -3.37. The molecule has 0 aromatic heterocycles. The first-order valence-corrected chi connectivity index (χ1v) is 8.71. The lowest BCUT2D eigenvalue weighted by Gasteiger charge is -2.21. The van der Waals surface area contributed by atoms with Crippen molar-refractivity contribution in [1.29, 1.82) is 0 Å². The number of rotatable bonds is 7. The van der Waals surface area contributed by atoms with Gasteiger partial charge in [0, 0.05) is 38.1 Å². The van der Waals surface area contributed by atoms with Gasteiger partial charge in [0.15, 0.2) is 5.96 Å². The van der Waals surface area contributed by atoms with Crippen molar-refractivity contribution in [3.63, 3.8) is 0 Å². The summed E-state index contributed by atoms with van der Waals surface area (Å²) in [5.41, 5.74) is 0. The van der Waals surface area contributed by atoms with Crippen LogP contribution in [0.5, 0.6) is 0 Å². The van der Waals surface area contributed by atoms with E-state index in [9.17, 15) is 18.0 Å². The number of guanidine groups is 1. The summed E-state index contributed by atoms with van der Waals surface area (Å²) in [7, 11) is 1.43. The van der Waals surface area contributed by atoms with Crippen LogP contribution in [-0.2, 0) is 4.79 Å². The number of nitrogens with zero attached hydrogens (tertiary/aromatic N) is 3. The van der Waals surface area contributed by atoms with E-state index in [1.807, 2.05) is 25.7 Å². The molecule has 1 amide bonds. The molecule has 0 aromatic carbocycles. The molecule has 2 N–H and O–H groups in total. The maximum Gasteiger partial charge on any atom is 0.401 e. The summed E-state index contributed by atoms with van der Waals surface area (Å²) in [6.45, 7) is 7.22. The number of hydrogen-bond donors (Lipinski definition) is 2. The van der Waals surface area contributed by atoms with Crippen molar-refractivity contribution in [1.82, 2.24) is 20.4 Å². The fourth-order valence-corrected chi connectivity index (χ4v) is 2.67. The zero-order chi connectivity index (χ0) is 19.0. The van der Waals surface area contributed by atoms with Gasteiger partial charge in [0.05, 0.1) is 13.1 Å². The van der Waals surface area contributed by atoms with Gasteiger partial charge in [0.2, 0.25) is 5.91 Å². The Morgan fingerprint density at radius 1 is 1.40 bits per heavy atom. The van der Waals surface area contributed by atoms with Gasteiger partial charge in [-0.1, -0.05) is 13.8 Å². The summed E-state index contributed by atoms with van der Waals surface area (Å²) in [5, 5.41) is 6.36. The van der Waals surface area contributed by atoms with E-state index in [4.69, 9.17) is 0 Å². The van der Waals surface area contributed by atoms with Gasteiger partial charge in [-0.2, -0.15) is 13.2 Å². The fourth-order valence-electron chi connectivity index (χ4n) is 2.67. The Hall–Kier alpha value is -1.51. The van der Waals surface area contributed by atoms with E-state index in [1.165, 1.54) is 11.9 Å². The van der Waals surface area contributed by atoms with Gasteiger partial charge in [0.1, 0.15) is 0 Å². The van der Waals surface area contributed by atoms with Crippen LogP contribution in [-0.4, -0.2) is 80.2 Å². The van der Waals surface area contributed by atoms with E-state index in [0.717, 1.165) is 6.42 Å². The molecule has 0 saturated carbocycles. The van der Waals surface area contributed by atoms with Crippen LogP contribution in [0, 0.1) is 5.92 Å². The minimum atomic E-state index is -4.20. The number of aliphatic imine (C=N–C) groups is 1. The standard InChI is InChI=1S/C16H30F3N5O/c1-5-20-15(21-7-9-23(4)11-16(17,18)19)22-13-6-8-24(10-13)14(25)12(2)3/h12-13H,5-11H2,1-4H3,(H2,20,21,22). The molecular formula is C16H30F3N5O. The van der Waals surface area contributed by atoms with Crippen LogP contribution in [0.3, 0.4) is 0 Å². The molecule has 0 aromatic rings. The highest BCUT2D eigenvalue weighted by Crippen LogP contribution is 2.15. The molecule has 1 unspecified atom stereocenters. The molecule has 9 heteroatoms. The first-order chi connectivity index (χ1) is 11.6. The van der Waals surface area contributed by atoms with Crippen LogP contribution >= 0.6 is 0 Å². The predicted molar refractivity (Wildman–Crippen MR) is 92.5 cm³/mol. The number of carbonyl (C=O) groups excluding carboxylic acids is 1. The molecule has 146 valence electrons. The third-order valence-corrected chi connectivity index (χ3v) is 3.88. The SMILES string of the molecule is CCNC(=NCCN(C)CC(F)(F)F)NC1CCN(C(=O)C(C)C)C1. The van der Waals surface area contributed by atoms with E-state index in [-0.39, 0.29) is 31.0 Å². The molecule has 0 spiro atoms. The summed E-state index contributed by atoms with van der Waals surface area (Å²) in [6, 6.07) is 0.105. The minimum absolute atomic E-state index is 0.0233. The van der Waals surface area contributed by atoms with Crippen molar-refractivity contribution in [3.8, 4) is 0 Å². The van der Waals surface area contributed by atoms with Gasteiger partial charge in [-0.05, 0) is 20.4 Å². The maximum absolute atomic E-state index is 12.3. The highest BCUT2D eigenvalue weighted by molar-refractivity contribution is 5.81. The summed E-state index contributed by atoms with van der Waals surface area (Å²) < 4.78 is 36.9. The topological polar surface area (TPSA) is 60.0 Å². The van der Waals surface area contributed by atoms with Crippen LogP contribution < -0.4 is 10.6 Å². The van der Waals surface area contributed by atoms with Gasteiger partial charge in [-0.15, -0.1) is 0 Å². The van der Waals surface area contributed by atoms with Gasteiger partial charge >= 0.3 is 6.18 Å². The van der Waals surface area contributed by atoms with Crippen LogP contribution in [0.15, 0.2) is 4.99 Å². The van der Waals surface area contributed by atoms with Crippen molar-refractivity contribution in [2.75, 3.05) is 46.3 Å². The van der Waals surface area contributed by atoms with E-state index in [2.05, 4.69) is 15.6 Å². The van der Waals surface area contributed by atoms with Gasteiger partial charge in [-0.25, -0.2) is 0 Å². The Bertz CT molecular complexity index is 454. The van der Waals surface area contributed by atoms with Gasteiger partial charge in [0.25, 0.3) is 0 Å². The molecule has 6 nitrogen and oxygen atoms in total. The minimum Gasteiger partial charge on any atom is -0.357 e. The average molecular weight is 365 g/mol. The normalized spacial score (nSPS) is 19.0. The van der Waals surface area contributed by atoms with E-state index >= 15 is 0 Å². The van der Waals surface area contributed by atoms with Crippen molar-refractivity contribution in [2.24, 2.45) is 10.9 Å². The molecule has 1 atom stereocenters. The molecule has 0 aliphatic carbocycles. The average Bonchev–Trinajstić information content (AvgIpc) is 2.93. The predicted octanol–water partition coefficient (Wildman–Crippen LogP) is 1.29. The summed E-state index contributed by atoms with van der Waals surface area (Å²) in [4.78, 5) is 19.4. The lowest BCUT2D eigenvalue weighted by atomic mass is 10.2. The van der Waals surface area contributed by atoms with E-state index in [0.29, 0.717) is 25.6 Å². The molecule has 1 fully saturated rings. The molecule has 1 saturated heterocycles. The van der Waals surface area contributed by atoms with Crippen LogP contribution in [0.25, 0.3) is 0 Å². The van der Waals surface area contributed by atoms with Crippen molar-refractivity contribution in [2.45, 2.75) is 39.4 Å². The van der Waals surface area contributed by atoms with Crippen LogP contribution in [0.2, 0.25) is 0 Å². The second kappa shape index (κ2) is 9.84. The first-order valence-electron chi connectivity index (χ1n) is 8.71. The molecule has 1 aliphatic rings. The molecule has 0 bridgehead atoms.